The zero-order valence-electron chi connectivity index (χ0n) is 13.0. The molecule has 0 radical (unpaired) electrons. The Morgan fingerprint density at radius 1 is 1.35 bits per heavy atom. The highest BCUT2D eigenvalue weighted by Crippen LogP contribution is 2.29. The first-order valence-electron chi connectivity index (χ1n) is 8.23. The summed E-state index contributed by atoms with van der Waals surface area (Å²) in [5.41, 5.74) is 5.84. The van der Waals surface area contributed by atoms with Gasteiger partial charge in [0, 0.05) is 13.0 Å². The van der Waals surface area contributed by atoms with Gasteiger partial charge >= 0.3 is 0 Å². The van der Waals surface area contributed by atoms with Gasteiger partial charge in [0.2, 0.25) is 5.91 Å². The lowest BCUT2D eigenvalue weighted by molar-refractivity contribution is -0.150. The number of rotatable bonds is 5. The molecule has 4 nitrogen and oxygen atoms in total. The van der Waals surface area contributed by atoms with E-state index in [-0.39, 0.29) is 6.10 Å². The summed E-state index contributed by atoms with van der Waals surface area (Å²) in [5.74, 6) is 1.22. The fourth-order valence-electron chi connectivity index (χ4n) is 3.70. The molecule has 116 valence electrons. The maximum atomic E-state index is 12.6. The Kier molecular flexibility index (Phi) is 5.85. The fourth-order valence-corrected chi connectivity index (χ4v) is 3.70. The maximum absolute atomic E-state index is 12.6. The fraction of sp³-hybridized carbons (Fsp3) is 0.938. The number of fused-ring (bicyclic) bond motifs is 1. The molecule has 0 aromatic rings. The molecule has 2 rings (SSSR count). The number of morpholine rings is 1. The van der Waals surface area contributed by atoms with Crippen LogP contribution in [0.1, 0.15) is 52.4 Å². The summed E-state index contributed by atoms with van der Waals surface area (Å²) >= 11 is 0. The number of carbonyl (C=O) groups excluding carboxylic acids is 1. The van der Waals surface area contributed by atoms with Crippen molar-refractivity contribution < 1.29 is 9.53 Å². The van der Waals surface area contributed by atoms with E-state index in [0.29, 0.717) is 43.4 Å². The quantitative estimate of drug-likeness (QED) is 0.841. The summed E-state index contributed by atoms with van der Waals surface area (Å²) in [6, 6.07) is 0.322. The normalized spacial score (nSPS) is 28.3. The van der Waals surface area contributed by atoms with Crippen LogP contribution >= 0.6 is 0 Å². The molecule has 2 unspecified atom stereocenters. The highest BCUT2D eigenvalue weighted by atomic mass is 16.5. The topological polar surface area (TPSA) is 55.6 Å². The first kappa shape index (κ1) is 15.8. The molecule has 1 saturated carbocycles. The van der Waals surface area contributed by atoms with E-state index in [9.17, 15) is 4.79 Å². The van der Waals surface area contributed by atoms with Gasteiger partial charge in [-0.1, -0.05) is 26.7 Å². The van der Waals surface area contributed by atoms with E-state index in [2.05, 4.69) is 18.7 Å². The molecule has 1 saturated heterocycles. The van der Waals surface area contributed by atoms with E-state index in [4.69, 9.17) is 10.5 Å². The van der Waals surface area contributed by atoms with Crippen LogP contribution < -0.4 is 5.73 Å². The van der Waals surface area contributed by atoms with Gasteiger partial charge in [0.15, 0.2) is 0 Å². The Bertz CT molecular complexity index is 318. The molecule has 1 aliphatic heterocycles. The van der Waals surface area contributed by atoms with Crippen LogP contribution in [-0.2, 0) is 9.53 Å². The molecule has 1 amide bonds. The Morgan fingerprint density at radius 3 is 2.80 bits per heavy atom. The molecule has 2 fully saturated rings. The lowest BCUT2D eigenvalue weighted by Crippen LogP contribution is -2.55. The third-order valence-electron chi connectivity index (χ3n) is 4.65. The highest BCUT2D eigenvalue weighted by Gasteiger charge is 2.36. The molecule has 2 aliphatic rings. The lowest BCUT2D eigenvalue weighted by Gasteiger charge is -2.44. The first-order chi connectivity index (χ1) is 9.61. The third-order valence-corrected chi connectivity index (χ3v) is 4.65. The Balaban J connectivity index is 1.92. The summed E-state index contributed by atoms with van der Waals surface area (Å²) in [7, 11) is 0. The van der Waals surface area contributed by atoms with Crippen molar-refractivity contribution in [1.82, 2.24) is 4.90 Å². The van der Waals surface area contributed by atoms with Gasteiger partial charge in [-0.05, 0) is 37.6 Å². The van der Waals surface area contributed by atoms with Crippen molar-refractivity contribution in [2.45, 2.75) is 64.5 Å². The van der Waals surface area contributed by atoms with Gasteiger partial charge in [-0.25, -0.2) is 0 Å². The van der Waals surface area contributed by atoms with E-state index in [1.807, 2.05) is 0 Å². The predicted molar refractivity (Wildman–Crippen MR) is 80.3 cm³/mol. The second kappa shape index (κ2) is 7.41. The molecular formula is C16H30N2O2. The number of hydrogen-bond donors (Lipinski definition) is 1. The molecule has 20 heavy (non-hydrogen) atoms. The van der Waals surface area contributed by atoms with Crippen LogP contribution in [0.3, 0.4) is 0 Å². The lowest BCUT2D eigenvalue weighted by atomic mass is 9.88. The average Bonchev–Trinajstić information content (AvgIpc) is 2.45. The zero-order valence-corrected chi connectivity index (χ0v) is 13.0. The van der Waals surface area contributed by atoms with Crippen molar-refractivity contribution in [2.75, 3.05) is 19.7 Å². The largest absolute Gasteiger partial charge is 0.374 e. The molecule has 0 spiro atoms. The summed E-state index contributed by atoms with van der Waals surface area (Å²) in [6.45, 7) is 6.46. The van der Waals surface area contributed by atoms with Crippen LogP contribution in [0.5, 0.6) is 0 Å². The molecule has 4 heteroatoms. The summed E-state index contributed by atoms with van der Waals surface area (Å²) in [6.07, 6.45) is 6.61. The standard InChI is InChI=1S/C16H30N2O2/c1-12(2)9-13(11-17)10-16(19)18-7-8-20-15-6-4-3-5-14(15)18/h12-15H,3-11,17H2,1-2H3/t13-,14?,15?/m0/s1. The van der Waals surface area contributed by atoms with Gasteiger partial charge in [0.1, 0.15) is 0 Å². The first-order valence-corrected chi connectivity index (χ1v) is 8.23. The monoisotopic (exact) mass is 282 g/mol. The minimum Gasteiger partial charge on any atom is -0.374 e. The molecule has 3 atom stereocenters. The number of ether oxygens (including phenoxy) is 1. The predicted octanol–water partition coefficient (Wildman–Crippen LogP) is 2.17. The number of amides is 1. The van der Waals surface area contributed by atoms with Gasteiger partial charge in [-0.2, -0.15) is 0 Å². The summed E-state index contributed by atoms with van der Waals surface area (Å²) in [4.78, 5) is 14.7. The van der Waals surface area contributed by atoms with Crippen LogP contribution in [0.2, 0.25) is 0 Å². The molecule has 0 aromatic heterocycles. The molecule has 2 N–H and O–H groups in total. The smallest absolute Gasteiger partial charge is 0.223 e. The van der Waals surface area contributed by atoms with Crippen molar-refractivity contribution >= 4 is 5.91 Å². The molecule has 0 bridgehead atoms. The van der Waals surface area contributed by atoms with E-state index in [0.717, 1.165) is 25.8 Å². The average molecular weight is 282 g/mol. The van der Waals surface area contributed by atoms with E-state index in [1.165, 1.54) is 12.8 Å². The second-order valence-corrected chi connectivity index (χ2v) is 6.78. The van der Waals surface area contributed by atoms with Crippen LogP contribution in [0.15, 0.2) is 0 Å². The highest BCUT2D eigenvalue weighted by molar-refractivity contribution is 5.77. The number of nitrogens with two attached hydrogens (primary N) is 1. The SMILES string of the molecule is CC(C)C[C@H](CN)CC(=O)N1CCOC2CCCCC21. The number of carbonyl (C=O) groups is 1. The minimum atomic E-state index is 0.280. The van der Waals surface area contributed by atoms with Crippen molar-refractivity contribution in [3.63, 3.8) is 0 Å². The Morgan fingerprint density at radius 2 is 2.10 bits per heavy atom. The van der Waals surface area contributed by atoms with Crippen molar-refractivity contribution in [3.05, 3.63) is 0 Å². The van der Waals surface area contributed by atoms with Crippen molar-refractivity contribution in [1.29, 1.82) is 0 Å². The van der Waals surface area contributed by atoms with E-state index in [1.54, 1.807) is 0 Å². The van der Waals surface area contributed by atoms with Crippen LogP contribution in [0.25, 0.3) is 0 Å². The van der Waals surface area contributed by atoms with Crippen molar-refractivity contribution in [2.24, 2.45) is 17.6 Å². The van der Waals surface area contributed by atoms with E-state index >= 15 is 0 Å². The van der Waals surface area contributed by atoms with Gasteiger partial charge in [-0.3, -0.25) is 4.79 Å². The Hall–Kier alpha value is -0.610. The van der Waals surface area contributed by atoms with Gasteiger partial charge in [0.05, 0.1) is 18.8 Å². The van der Waals surface area contributed by atoms with Crippen molar-refractivity contribution in [3.8, 4) is 0 Å². The Labute approximate surface area is 123 Å². The van der Waals surface area contributed by atoms with Crippen LogP contribution in [-0.4, -0.2) is 42.6 Å². The second-order valence-electron chi connectivity index (χ2n) is 6.78. The summed E-state index contributed by atoms with van der Waals surface area (Å²) in [5, 5.41) is 0. The minimum absolute atomic E-state index is 0.280. The molecular weight excluding hydrogens is 252 g/mol. The van der Waals surface area contributed by atoms with Gasteiger partial charge in [-0.15, -0.1) is 0 Å². The van der Waals surface area contributed by atoms with Crippen LogP contribution in [0.4, 0.5) is 0 Å². The maximum Gasteiger partial charge on any atom is 0.223 e. The molecule has 0 aromatic carbocycles. The third kappa shape index (κ3) is 3.95. The number of nitrogens with zero attached hydrogens (tertiary/aromatic N) is 1. The number of hydrogen-bond acceptors (Lipinski definition) is 3. The van der Waals surface area contributed by atoms with Crippen LogP contribution in [0, 0.1) is 11.8 Å². The van der Waals surface area contributed by atoms with Gasteiger partial charge < -0.3 is 15.4 Å². The van der Waals surface area contributed by atoms with E-state index < -0.39 is 0 Å². The zero-order chi connectivity index (χ0) is 14.5. The van der Waals surface area contributed by atoms with Gasteiger partial charge in [0.25, 0.3) is 0 Å². The molecule has 1 heterocycles. The molecule has 1 aliphatic carbocycles. The summed E-state index contributed by atoms with van der Waals surface area (Å²) < 4.78 is 5.84.